The number of aliphatic hydroxyl groups is 1. The van der Waals surface area contributed by atoms with Gasteiger partial charge < -0.3 is 42.0 Å². The summed E-state index contributed by atoms with van der Waals surface area (Å²) >= 11 is 0. The van der Waals surface area contributed by atoms with Gasteiger partial charge in [0.15, 0.2) is 0 Å². The highest BCUT2D eigenvalue weighted by atomic mass is 16.4. The van der Waals surface area contributed by atoms with Gasteiger partial charge in [-0.1, -0.05) is 30.3 Å². The number of aliphatic hydroxyl groups excluding tert-OH is 1. The summed E-state index contributed by atoms with van der Waals surface area (Å²) in [6.45, 7) is 0.590. The molecule has 0 aliphatic carbocycles. The van der Waals surface area contributed by atoms with Crippen molar-refractivity contribution in [3.05, 3.63) is 65.9 Å². The number of aromatic nitrogens is 1. The highest BCUT2D eigenvalue weighted by Gasteiger charge is 2.28. The molecule has 3 rings (SSSR count). The van der Waals surface area contributed by atoms with E-state index in [4.69, 9.17) is 5.73 Å². The second-order valence-electron chi connectivity index (χ2n) is 8.91. The fourth-order valence-electron chi connectivity index (χ4n) is 3.85. The van der Waals surface area contributed by atoms with Gasteiger partial charge in [0.05, 0.1) is 12.6 Å². The standard InChI is InChI=1S/C26H31N5O7/c1-14(29-24(35)19(27)11-16-12-28-20-5-3-2-4-18(16)20)23(34)31-22(13-32)25(36)30-21(26(37)38)10-15-6-8-17(33)9-7-15/h2-9,12,14,19,21-22,28,32-33H,10-11,13,27H2,1H3,(H,29,35)(H,30,36)(H,31,34)(H,37,38). The number of rotatable bonds is 12. The molecule has 0 bridgehead atoms. The number of carboxylic acids is 1. The first kappa shape index (κ1) is 28.2. The lowest BCUT2D eigenvalue weighted by atomic mass is 10.0. The molecule has 0 fully saturated rings. The van der Waals surface area contributed by atoms with Crippen LogP contribution in [0.15, 0.2) is 54.7 Å². The average Bonchev–Trinajstić information content (AvgIpc) is 3.30. The monoisotopic (exact) mass is 525 g/mol. The Morgan fingerprint density at radius 1 is 0.895 bits per heavy atom. The fourth-order valence-corrected chi connectivity index (χ4v) is 3.85. The van der Waals surface area contributed by atoms with Crippen LogP contribution in [0.1, 0.15) is 18.1 Å². The molecular weight excluding hydrogens is 494 g/mol. The number of amides is 3. The van der Waals surface area contributed by atoms with Crippen LogP contribution in [0.2, 0.25) is 0 Å². The van der Waals surface area contributed by atoms with E-state index in [2.05, 4.69) is 20.9 Å². The molecule has 0 saturated heterocycles. The van der Waals surface area contributed by atoms with E-state index in [9.17, 15) is 34.5 Å². The number of hydrogen-bond acceptors (Lipinski definition) is 7. The van der Waals surface area contributed by atoms with Crippen molar-refractivity contribution in [2.24, 2.45) is 5.73 Å². The van der Waals surface area contributed by atoms with Crippen molar-refractivity contribution in [1.82, 2.24) is 20.9 Å². The van der Waals surface area contributed by atoms with Crippen LogP contribution in [0.25, 0.3) is 10.9 Å². The number of hydrogen-bond donors (Lipinski definition) is 8. The number of H-pyrrole nitrogens is 1. The SMILES string of the molecule is CC(NC(=O)C(N)Cc1c[nH]c2ccccc12)C(=O)NC(CO)C(=O)NC(Cc1ccc(O)cc1)C(=O)O. The topological polar surface area (TPSA) is 207 Å². The van der Waals surface area contributed by atoms with E-state index in [-0.39, 0.29) is 18.6 Å². The molecule has 2 aromatic carbocycles. The Bertz CT molecular complexity index is 1290. The lowest BCUT2D eigenvalue weighted by Crippen LogP contribution is -2.57. The summed E-state index contributed by atoms with van der Waals surface area (Å²) in [5.74, 6) is -3.58. The van der Waals surface area contributed by atoms with Crippen LogP contribution in [-0.4, -0.2) is 74.8 Å². The molecular formula is C26H31N5O7. The third-order valence-corrected chi connectivity index (χ3v) is 6.01. The van der Waals surface area contributed by atoms with Gasteiger partial charge in [-0.3, -0.25) is 14.4 Å². The Hall–Kier alpha value is -4.42. The highest BCUT2D eigenvalue weighted by Crippen LogP contribution is 2.18. The summed E-state index contributed by atoms with van der Waals surface area (Å²) < 4.78 is 0. The molecule has 202 valence electrons. The van der Waals surface area contributed by atoms with Crippen molar-refractivity contribution in [2.45, 2.75) is 43.9 Å². The van der Waals surface area contributed by atoms with Gasteiger partial charge in [-0.2, -0.15) is 0 Å². The van der Waals surface area contributed by atoms with Gasteiger partial charge >= 0.3 is 5.97 Å². The molecule has 9 N–H and O–H groups in total. The van der Waals surface area contributed by atoms with Crippen molar-refractivity contribution in [1.29, 1.82) is 0 Å². The molecule has 0 radical (unpaired) electrons. The number of phenolic OH excluding ortho intramolecular Hbond substituents is 1. The van der Waals surface area contributed by atoms with E-state index in [1.54, 1.807) is 6.20 Å². The van der Waals surface area contributed by atoms with Crippen LogP contribution in [0.5, 0.6) is 5.75 Å². The third kappa shape index (κ3) is 7.31. The minimum Gasteiger partial charge on any atom is -0.508 e. The molecule has 4 atom stereocenters. The third-order valence-electron chi connectivity index (χ3n) is 6.01. The van der Waals surface area contributed by atoms with Crippen LogP contribution in [0, 0.1) is 0 Å². The normalized spacial score (nSPS) is 14.2. The molecule has 12 heteroatoms. The smallest absolute Gasteiger partial charge is 0.326 e. The van der Waals surface area contributed by atoms with Gasteiger partial charge in [-0.15, -0.1) is 0 Å². The number of nitrogens with two attached hydrogens (primary N) is 1. The first-order valence-corrected chi connectivity index (χ1v) is 11.9. The Morgan fingerprint density at radius 2 is 1.55 bits per heavy atom. The Kier molecular flexibility index (Phi) is 9.41. The maximum absolute atomic E-state index is 12.6. The minimum absolute atomic E-state index is 0.00727. The second-order valence-corrected chi connectivity index (χ2v) is 8.91. The number of benzene rings is 2. The molecule has 1 heterocycles. The van der Waals surface area contributed by atoms with E-state index in [1.807, 2.05) is 24.3 Å². The maximum Gasteiger partial charge on any atom is 0.326 e. The molecule has 12 nitrogen and oxygen atoms in total. The van der Waals surface area contributed by atoms with Crippen LogP contribution in [0.3, 0.4) is 0 Å². The fraction of sp³-hybridized carbons (Fsp3) is 0.308. The first-order chi connectivity index (χ1) is 18.1. The van der Waals surface area contributed by atoms with Crippen molar-refractivity contribution < 1.29 is 34.5 Å². The Morgan fingerprint density at radius 3 is 2.21 bits per heavy atom. The predicted octanol–water partition coefficient (Wildman–Crippen LogP) is -0.463. The molecule has 1 aromatic heterocycles. The van der Waals surface area contributed by atoms with Crippen LogP contribution >= 0.6 is 0 Å². The van der Waals surface area contributed by atoms with Crippen molar-refractivity contribution >= 4 is 34.6 Å². The van der Waals surface area contributed by atoms with Gasteiger partial charge in [-0.05, 0) is 42.7 Å². The Balaban J connectivity index is 1.54. The van der Waals surface area contributed by atoms with E-state index in [0.29, 0.717) is 5.56 Å². The summed E-state index contributed by atoms with van der Waals surface area (Å²) in [5.41, 5.74) is 8.34. The Labute approximate surface area is 218 Å². The molecule has 0 saturated carbocycles. The number of fused-ring (bicyclic) bond motifs is 1. The zero-order chi connectivity index (χ0) is 27.8. The van der Waals surface area contributed by atoms with E-state index in [1.165, 1.54) is 31.2 Å². The highest BCUT2D eigenvalue weighted by molar-refractivity contribution is 5.94. The number of carbonyl (C=O) groups is 4. The number of aliphatic carboxylic acids is 1. The number of aromatic hydroxyl groups is 1. The molecule has 38 heavy (non-hydrogen) atoms. The molecule has 4 unspecified atom stereocenters. The van der Waals surface area contributed by atoms with Crippen LogP contribution < -0.4 is 21.7 Å². The molecule has 0 spiro atoms. The number of nitrogens with one attached hydrogen (secondary N) is 4. The molecule has 0 aliphatic rings. The largest absolute Gasteiger partial charge is 0.508 e. The summed E-state index contributed by atoms with van der Waals surface area (Å²) in [6, 6.07) is 8.50. The first-order valence-electron chi connectivity index (χ1n) is 11.9. The van der Waals surface area contributed by atoms with Crippen LogP contribution in [0.4, 0.5) is 0 Å². The van der Waals surface area contributed by atoms with Crippen molar-refractivity contribution in [3.63, 3.8) is 0 Å². The number of para-hydroxylation sites is 1. The van der Waals surface area contributed by atoms with Gasteiger partial charge in [0, 0.05) is 23.5 Å². The number of carbonyl (C=O) groups excluding carboxylic acids is 3. The summed E-state index contributed by atoms with van der Waals surface area (Å²) in [4.78, 5) is 52.6. The van der Waals surface area contributed by atoms with Gasteiger partial charge in [0.25, 0.3) is 0 Å². The van der Waals surface area contributed by atoms with Gasteiger partial charge in [0.2, 0.25) is 17.7 Å². The molecule has 3 amide bonds. The maximum atomic E-state index is 12.6. The predicted molar refractivity (Wildman–Crippen MR) is 138 cm³/mol. The van der Waals surface area contributed by atoms with Crippen molar-refractivity contribution in [3.8, 4) is 5.75 Å². The van der Waals surface area contributed by atoms with E-state index < -0.39 is 54.5 Å². The number of phenols is 1. The van der Waals surface area contributed by atoms with Gasteiger partial charge in [0.1, 0.15) is 23.9 Å². The number of carboxylic acid groups (broad SMARTS) is 1. The summed E-state index contributed by atoms with van der Waals surface area (Å²) in [7, 11) is 0. The average molecular weight is 526 g/mol. The van der Waals surface area contributed by atoms with E-state index in [0.717, 1.165) is 16.5 Å². The van der Waals surface area contributed by atoms with E-state index >= 15 is 0 Å². The second kappa shape index (κ2) is 12.7. The minimum atomic E-state index is -1.46. The summed E-state index contributed by atoms with van der Waals surface area (Å²) in [5, 5.41) is 36.5. The van der Waals surface area contributed by atoms with Crippen molar-refractivity contribution in [2.75, 3.05) is 6.61 Å². The summed E-state index contributed by atoms with van der Waals surface area (Å²) in [6.07, 6.45) is 1.90. The zero-order valence-corrected chi connectivity index (χ0v) is 20.7. The van der Waals surface area contributed by atoms with Crippen LogP contribution in [-0.2, 0) is 32.0 Å². The number of aromatic amines is 1. The zero-order valence-electron chi connectivity index (χ0n) is 20.7. The molecule has 0 aliphatic heterocycles. The lowest BCUT2D eigenvalue weighted by Gasteiger charge is -2.22. The van der Waals surface area contributed by atoms with Gasteiger partial charge in [-0.25, -0.2) is 4.79 Å². The quantitative estimate of drug-likeness (QED) is 0.155. The molecule has 3 aromatic rings. The lowest BCUT2D eigenvalue weighted by molar-refractivity contribution is -0.142.